The summed E-state index contributed by atoms with van der Waals surface area (Å²) in [5, 5.41) is -1.18. The van der Waals surface area contributed by atoms with Crippen LogP contribution in [-0.4, -0.2) is 27.2 Å². The van der Waals surface area contributed by atoms with Gasteiger partial charge in [0.05, 0.1) is 21.0 Å². The van der Waals surface area contributed by atoms with E-state index in [9.17, 15) is 31.9 Å². The summed E-state index contributed by atoms with van der Waals surface area (Å²) in [5.74, 6) is -7.33. The quantitative estimate of drug-likeness (QED) is 0.139. The van der Waals surface area contributed by atoms with Gasteiger partial charge in [0.1, 0.15) is 16.0 Å². The Morgan fingerprint density at radius 1 is 0.878 bits per heavy atom. The van der Waals surface area contributed by atoms with Gasteiger partial charge in [-0.1, -0.05) is 46.9 Å². The van der Waals surface area contributed by atoms with Crippen molar-refractivity contribution in [1.82, 2.24) is 0 Å². The number of halogens is 10. The third-order valence-electron chi connectivity index (χ3n) is 6.44. The number of rotatable bonds is 9. The minimum Gasteiger partial charge on any atom is -0.326 e. The number of carbonyl (C=O) groups is 3. The number of amides is 1. The minimum absolute atomic E-state index is 0.0446. The van der Waals surface area contributed by atoms with E-state index in [2.05, 4.69) is 16.9 Å². The van der Waals surface area contributed by atoms with Gasteiger partial charge in [-0.3, -0.25) is 14.4 Å². The Balaban J connectivity index is 1.52. The molecule has 0 unspecified atom stereocenters. The zero-order chi connectivity index (χ0) is 30.4. The molecular weight excluding hydrogens is 675 g/mol. The molecule has 1 N–H and O–H groups in total. The number of nitrogens with one attached hydrogen (secondary N) is 1. The van der Waals surface area contributed by atoms with Crippen molar-refractivity contribution >= 4 is 92.8 Å². The SMILES string of the molecule is O=C(Cc1ccc(F)c(CC(=O)C(F)(F)Cl)c1F)c1cc(NC(=O)[C@H]2[C@H](c3ccc(Cl)c(Cl)c3)C2(Cl)Cl)ccc1Cl. The summed E-state index contributed by atoms with van der Waals surface area (Å²) in [6, 6.07) is 10.4. The Hall–Kier alpha value is -2.07. The van der Waals surface area contributed by atoms with Crippen molar-refractivity contribution in [3.63, 3.8) is 0 Å². The van der Waals surface area contributed by atoms with E-state index in [0.29, 0.717) is 10.6 Å². The van der Waals surface area contributed by atoms with Crippen LogP contribution < -0.4 is 5.32 Å². The van der Waals surface area contributed by atoms with E-state index >= 15 is 0 Å². The van der Waals surface area contributed by atoms with Crippen molar-refractivity contribution in [3.05, 3.63) is 97.5 Å². The van der Waals surface area contributed by atoms with Crippen molar-refractivity contribution in [2.24, 2.45) is 5.92 Å². The molecule has 4 rings (SSSR count). The maximum absolute atomic E-state index is 14.9. The Labute approximate surface area is 260 Å². The second-order valence-electron chi connectivity index (χ2n) is 9.18. The molecule has 1 aliphatic rings. The minimum atomic E-state index is -4.32. The molecule has 2 atom stereocenters. The number of benzene rings is 3. The van der Waals surface area contributed by atoms with Crippen molar-refractivity contribution < 1.29 is 31.9 Å². The topological polar surface area (TPSA) is 63.2 Å². The number of ketones is 2. The number of carbonyl (C=O) groups excluding carboxylic acids is 3. The van der Waals surface area contributed by atoms with Gasteiger partial charge in [-0.05, 0) is 59.1 Å². The highest BCUT2D eigenvalue weighted by atomic mass is 35.5. The predicted molar refractivity (Wildman–Crippen MR) is 151 cm³/mol. The lowest BCUT2D eigenvalue weighted by atomic mass is 9.98. The molecule has 14 heteroatoms. The van der Waals surface area contributed by atoms with Gasteiger partial charge >= 0.3 is 5.38 Å². The summed E-state index contributed by atoms with van der Waals surface area (Å²) in [4.78, 5) is 37.6. The van der Waals surface area contributed by atoms with Crippen molar-refractivity contribution in [2.45, 2.75) is 28.5 Å². The molecule has 1 amide bonds. The van der Waals surface area contributed by atoms with E-state index in [1.807, 2.05) is 0 Å². The maximum Gasteiger partial charge on any atom is 0.380 e. The fourth-order valence-corrected chi connectivity index (χ4v) is 5.71. The average Bonchev–Trinajstić information content (AvgIpc) is 3.47. The van der Waals surface area contributed by atoms with Crippen LogP contribution in [0.5, 0.6) is 0 Å². The molecule has 1 saturated carbocycles. The molecule has 41 heavy (non-hydrogen) atoms. The van der Waals surface area contributed by atoms with Crippen LogP contribution in [0.4, 0.5) is 23.2 Å². The van der Waals surface area contributed by atoms with Gasteiger partial charge in [0.25, 0.3) is 0 Å². The van der Waals surface area contributed by atoms with Crippen molar-refractivity contribution in [3.8, 4) is 0 Å². The van der Waals surface area contributed by atoms with E-state index in [-0.39, 0.29) is 26.9 Å². The van der Waals surface area contributed by atoms with E-state index < -0.39 is 69.1 Å². The summed E-state index contributed by atoms with van der Waals surface area (Å²) in [6.07, 6.45) is -2.00. The molecule has 0 aliphatic heterocycles. The molecule has 0 saturated heterocycles. The van der Waals surface area contributed by atoms with Gasteiger partial charge in [0.2, 0.25) is 11.7 Å². The van der Waals surface area contributed by atoms with E-state index in [1.165, 1.54) is 18.2 Å². The second-order valence-corrected chi connectivity index (χ2v) is 12.3. The van der Waals surface area contributed by atoms with Gasteiger partial charge in [0.15, 0.2) is 5.78 Å². The van der Waals surface area contributed by atoms with E-state index in [0.717, 1.165) is 12.1 Å². The van der Waals surface area contributed by atoms with Crippen LogP contribution >= 0.6 is 69.6 Å². The molecule has 0 spiro atoms. The summed E-state index contributed by atoms with van der Waals surface area (Å²) in [6.45, 7) is 0. The Morgan fingerprint density at radius 2 is 1.54 bits per heavy atom. The third-order valence-corrected chi connectivity index (χ3v) is 8.66. The maximum atomic E-state index is 14.9. The van der Waals surface area contributed by atoms with Crippen molar-refractivity contribution in [2.75, 3.05) is 5.32 Å². The molecule has 0 radical (unpaired) electrons. The van der Waals surface area contributed by atoms with Crippen LogP contribution in [0.2, 0.25) is 15.1 Å². The number of anilines is 1. The molecule has 0 bridgehead atoms. The standard InChI is InChI=1S/C27H15Cl6F4NO3/c28-16-5-3-13(38-25(41)23-22(26(23,31)32)11-1-4-17(29)18(30)7-11)9-14(16)20(39)8-12-2-6-19(34)15(24(12)35)10-21(40)27(33,36)37/h1-7,9,22-23H,8,10H2,(H,38,41)/t22-,23+/m0/s1. The molecule has 0 heterocycles. The van der Waals surface area contributed by atoms with Gasteiger partial charge in [0, 0.05) is 35.6 Å². The van der Waals surface area contributed by atoms with Gasteiger partial charge in [-0.15, -0.1) is 23.2 Å². The summed E-state index contributed by atoms with van der Waals surface area (Å²) < 4.78 is 53.7. The Bertz CT molecular complexity index is 1580. The smallest absolute Gasteiger partial charge is 0.326 e. The molecule has 3 aromatic rings. The summed E-state index contributed by atoms with van der Waals surface area (Å²) >= 11 is 35.6. The predicted octanol–water partition coefficient (Wildman–Crippen LogP) is 8.82. The number of Topliss-reactive ketones (excluding diaryl/α,β-unsaturated/α-hetero) is 2. The lowest BCUT2D eigenvalue weighted by Gasteiger charge is -2.12. The van der Waals surface area contributed by atoms with E-state index in [4.69, 9.17) is 58.0 Å². The normalized spacial score (nSPS) is 17.7. The fourth-order valence-electron chi connectivity index (χ4n) is 4.28. The highest BCUT2D eigenvalue weighted by molar-refractivity contribution is 6.53. The van der Waals surface area contributed by atoms with Gasteiger partial charge in [-0.25, -0.2) is 8.78 Å². The van der Waals surface area contributed by atoms with Crippen LogP contribution in [0.15, 0.2) is 48.5 Å². The molecule has 0 aromatic heterocycles. The Morgan fingerprint density at radius 3 is 2.17 bits per heavy atom. The monoisotopic (exact) mass is 687 g/mol. The molecule has 1 fully saturated rings. The molecule has 216 valence electrons. The zero-order valence-electron chi connectivity index (χ0n) is 20.2. The first-order chi connectivity index (χ1) is 19.0. The first-order valence-electron chi connectivity index (χ1n) is 11.5. The van der Waals surface area contributed by atoms with Crippen LogP contribution in [-0.2, 0) is 22.4 Å². The molecule has 3 aromatic carbocycles. The van der Waals surface area contributed by atoms with Crippen LogP contribution in [0, 0.1) is 17.6 Å². The van der Waals surface area contributed by atoms with Crippen LogP contribution in [0.25, 0.3) is 0 Å². The highest BCUT2D eigenvalue weighted by Gasteiger charge is 2.67. The summed E-state index contributed by atoms with van der Waals surface area (Å²) in [7, 11) is 0. The highest BCUT2D eigenvalue weighted by Crippen LogP contribution is 2.65. The van der Waals surface area contributed by atoms with Crippen molar-refractivity contribution in [1.29, 1.82) is 0 Å². The largest absolute Gasteiger partial charge is 0.380 e. The lowest BCUT2D eigenvalue weighted by Crippen LogP contribution is -2.24. The first-order valence-corrected chi connectivity index (χ1v) is 13.8. The average molecular weight is 690 g/mol. The summed E-state index contributed by atoms with van der Waals surface area (Å²) in [5.41, 5.74) is -0.730. The first kappa shape index (κ1) is 31.9. The lowest BCUT2D eigenvalue weighted by molar-refractivity contribution is -0.132. The molecule has 4 nitrogen and oxygen atoms in total. The second kappa shape index (κ2) is 11.9. The number of alkyl halides is 5. The van der Waals surface area contributed by atoms with Gasteiger partial charge < -0.3 is 5.32 Å². The Kier molecular flexibility index (Phi) is 9.25. The van der Waals surface area contributed by atoms with Crippen LogP contribution in [0.1, 0.15) is 33.0 Å². The number of hydrogen-bond donors (Lipinski definition) is 1. The number of hydrogen-bond acceptors (Lipinski definition) is 3. The van der Waals surface area contributed by atoms with Crippen LogP contribution in [0.3, 0.4) is 0 Å². The van der Waals surface area contributed by atoms with Gasteiger partial charge in [-0.2, -0.15) is 8.78 Å². The fraction of sp³-hybridized carbons (Fsp3) is 0.222. The molecule has 1 aliphatic carbocycles. The third kappa shape index (κ3) is 6.79. The molecular formula is C27H15Cl6F4NO3. The zero-order valence-corrected chi connectivity index (χ0v) is 24.7. The van der Waals surface area contributed by atoms with E-state index in [1.54, 1.807) is 18.2 Å².